The van der Waals surface area contributed by atoms with Crippen LogP contribution in [-0.2, 0) is 0 Å². The van der Waals surface area contributed by atoms with E-state index >= 15 is 0 Å². The molecule has 0 bridgehead atoms. The lowest BCUT2D eigenvalue weighted by Gasteiger charge is -2.22. The average Bonchev–Trinajstić information content (AvgIpc) is 2.75. The fraction of sp³-hybridized carbons (Fsp3) is 0.462. The first-order chi connectivity index (χ1) is 8.45. The van der Waals surface area contributed by atoms with Crippen LogP contribution in [0, 0.1) is 5.41 Å². The van der Waals surface area contributed by atoms with Gasteiger partial charge in [-0.25, -0.2) is 0 Å². The maximum atomic E-state index is 12.4. The van der Waals surface area contributed by atoms with E-state index in [0.29, 0.717) is 23.7 Å². The van der Waals surface area contributed by atoms with E-state index in [4.69, 9.17) is 17.3 Å². The number of hydrogen-bond acceptors (Lipinski definition) is 2. The molecule has 1 aliphatic heterocycles. The summed E-state index contributed by atoms with van der Waals surface area (Å²) in [6.07, 6.45) is 0.945. The Morgan fingerprint density at radius 3 is 2.94 bits per heavy atom. The molecule has 1 aromatic carbocycles. The van der Waals surface area contributed by atoms with E-state index in [1.54, 1.807) is 12.1 Å². The molecular formula is C13H16BrClN2O. The number of likely N-dealkylation sites (tertiary alicyclic amines) is 1. The molecule has 0 aromatic heterocycles. The Hall–Kier alpha value is -0.580. The third-order valence-electron chi connectivity index (χ3n) is 3.50. The molecule has 1 heterocycles. The van der Waals surface area contributed by atoms with Gasteiger partial charge >= 0.3 is 0 Å². The van der Waals surface area contributed by atoms with Crippen molar-refractivity contribution < 1.29 is 4.79 Å². The summed E-state index contributed by atoms with van der Waals surface area (Å²) in [4.78, 5) is 14.2. The van der Waals surface area contributed by atoms with Crippen LogP contribution in [0.1, 0.15) is 23.7 Å². The Morgan fingerprint density at radius 2 is 2.33 bits per heavy atom. The van der Waals surface area contributed by atoms with Gasteiger partial charge < -0.3 is 10.6 Å². The fourth-order valence-electron chi connectivity index (χ4n) is 2.20. The minimum atomic E-state index is -0.0153. The molecule has 1 saturated heterocycles. The standard InChI is InChI=1S/C13H16BrClN2O/c1-13(7-16)4-5-17(8-13)12(18)10-6-9(14)2-3-11(10)15/h2-3,6H,4-5,7-8,16H2,1H3. The number of carbonyl (C=O) groups excluding carboxylic acids is 1. The summed E-state index contributed by atoms with van der Waals surface area (Å²) in [5.74, 6) is -0.0153. The number of amides is 1. The van der Waals surface area contributed by atoms with E-state index in [0.717, 1.165) is 17.4 Å². The molecule has 0 radical (unpaired) electrons. The van der Waals surface area contributed by atoms with Gasteiger partial charge in [0.15, 0.2) is 0 Å². The highest BCUT2D eigenvalue weighted by Crippen LogP contribution is 2.31. The van der Waals surface area contributed by atoms with Crippen LogP contribution >= 0.6 is 27.5 Å². The van der Waals surface area contributed by atoms with Crippen molar-refractivity contribution in [2.24, 2.45) is 11.1 Å². The smallest absolute Gasteiger partial charge is 0.255 e. The summed E-state index contributed by atoms with van der Waals surface area (Å²) in [5.41, 5.74) is 6.34. The molecule has 1 amide bonds. The first kappa shape index (κ1) is 13.8. The zero-order chi connectivity index (χ0) is 13.3. The van der Waals surface area contributed by atoms with Gasteiger partial charge in [-0.2, -0.15) is 0 Å². The maximum Gasteiger partial charge on any atom is 0.255 e. The molecule has 1 aliphatic rings. The highest BCUT2D eigenvalue weighted by molar-refractivity contribution is 9.10. The van der Waals surface area contributed by atoms with E-state index in [1.807, 2.05) is 11.0 Å². The van der Waals surface area contributed by atoms with Crippen molar-refractivity contribution in [3.63, 3.8) is 0 Å². The van der Waals surface area contributed by atoms with Crippen LogP contribution in [0.15, 0.2) is 22.7 Å². The zero-order valence-corrected chi connectivity index (χ0v) is 12.6. The zero-order valence-electron chi connectivity index (χ0n) is 10.2. The summed E-state index contributed by atoms with van der Waals surface area (Å²) in [7, 11) is 0. The largest absolute Gasteiger partial charge is 0.338 e. The van der Waals surface area contributed by atoms with Gasteiger partial charge in [-0.15, -0.1) is 0 Å². The SMILES string of the molecule is CC1(CN)CCN(C(=O)c2cc(Br)ccc2Cl)C1. The van der Waals surface area contributed by atoms with E-state index in [9.17, 15) is 4.79 Å². The van der Waals surface area contributed by atoms with Crippen LogP contribution in [0.5, 0.6) is 0 Å². The van der Waals surface area contributed by atoms with Crippen LogP contribution in [0.25, 0.3) is 0 Å². The predicted octanol–water partition coefficient (Wildman–Crippen LogP) is 2.91. The van der Waals surface area contributed by atoms with E-state index in [-0.39, 0.29) is 11.3 Å². The van der Waals surface area contributed by atoms with Gasteiger partial charge in [0.25, 0.3) is 5.91 Å². The topological polar surface area (TPSA) is 46.3 Å². The molecule has 0 aliphatic carbocycles. The highest BCUT2D eigenvalue weighted by Gasteiger charge is 2.35. The number of halogens is 2. The lowest BCUT2D eigenvalue weighted by Crippen LogP contribution is -2.34. The molecule has 2 N–H and O–H groups in total. The summed E-state index contributed by atoms with van der Waals surface area (Å²) in [6.45, 7) is 4.16. The van der Waals surface area contributed by atoms with Crippen LogP contribution in [0.3, 0.4) is 0 Å². The number of hydrogen-bond donors (Lipinski definition) is 1. The second-order valence-corrected chi connectivity index (χ2v) is 6.44. The number of carbonyl (C=O) groups is 1. The van der Waals surface area contributed by atoms with Crippen LogP contribution in [0.2, 0.25) is 5.02 Å². The number of rotatable bonds is 2. The van der Waals surface area contributed by atoms with Gasteiger partial charge in [0.1, 0.15) is 0 Å². The Kier molecular flexibility index (Phi) is 3.99. The van der Waals surface area contributed by atoms with Gasteiger partial charge in [-0.1, -0.05) is 34.5 Å². The van der Waals surface area contributed by atoms with Crippen LogP contribution in [0.4, 0.5) is 0 Å². The lowest BCUT2D eigenvalue weighted by molar-refractivity contribution is 0.0777. The van der Waals surface area contributed by atoms with E-state index < -0.39 is 0 Å². The summed E-state index contributed by atoms with van der Waals surface area (Å²) in [6, 6.07) is 5.33. The second kappa shape index (κ2) is 5.19. The first-order valence-electron chi connectivity index (χ1n) is 5.90. The molecule has 1 aromatic rings. The molecule has 3 nitrogen and oxygen atoms in total. The first-order valence-corrected chi connectivity index (χ1v) is 7.07. The predicted molar refractivity (Wildman–Crippen MR) is 76.8 cm³/mol. The second-order valence-electron chi connectivity index (χ2n) is 5.12. The third kappa shape index (κ3) is 2.71. The van der Waals surface area contributed by atoms with Crippen molar-refractivity contribution in [3.05, 3.63) is 33.3 Å². The quantitative estimate of drug-likeness (QED) is 0.905. The Balaban J connectivity index is 2.20. The molecule has 0 spiro atoms. The minimum absolute atomic E-state index is 0.0153. The van der Waals surface area contributed by atoms with Gasteiger partial charge in [0.05, 0.1) is 10.6 Å². The molecule has 1 unspecified atom stereocenters. The van der Waals surface area contributed by atoms with Crippen molar-refractivity contribution in [3.8, 4) is 0 Å². The third-order valence-corrected chi connectivity index (χ3v) is 4.32. The van der Waals surface area contributed by atoms with Crippen molar-refractivity contribution >= 4 is 33.4 Å². The van der Waals surface area contributed by atoms with Gasteiger partial charge in [0.2, 0.25) is 0 Å². The molecule has 1 fully saturated rings. The van der Waals surface area contributed by atoms with Gasteiger partial charge in [-0.3, -0.25) is 4.79 Å². The summed E-state index contributed by atoms with van der Waals surface area (Å²) >= 11 is 9.44. The Labute approximate surface area is 120 Å². The Bertz CT molecular complexity index is 480. The van der Waals surface area contributed by atoms with Crippen molar-refractivity contribution in [2.45, 2.75) is 13.3 Å². The average molecular weight is 332 g/mol. The Morgan fingerprint density at radius 1 is 1.61 bits per heavy atom. The van der Waals surface area contributed by atoms with Crippen molar-refractivity contribution in [1.82, 2.24) is 4.90 Å². The molecule has 0 saturated carbocycles. The normalized spacial score (nSPS) is 23.4. The molecule has 1 atom stereocenters. The molecule has 18 heavy (non-hydrogen) atoms. The molecule has 5 heteroatoms. The monoisotopic (exact) mass is 330 g/mol. The lowest BCUT2D eigenvalue weighted by atomic mass is 9.90. The number of nitrogens with two attached hydrogens (primary N) is 1. The fourth-order valence-corrected chi connectivity index (χ4v) is 2.75. The van der Waals surface area contributed by atoms with Crippen molar-refractivity contribution in [1.29, 1.82) is 0 Å². The highest BCUT2D eigenvalue weighted by atomic mass is 79.9. The minimum Gasteiger partial charge on any atom is -0.338 e. The number of nitrogens with zero attached hydrogens (tertiary/aromatic N) is 1. The molecular weight excluding hydrogens is 316 g/mol. The van der Waals surface area contributed by atoms with E-state index in [2.05, 4.69) is 22.9 Å². The van der Waals surface area contributed by atoms with E-state index in [1.165, 1.54) is 0 Å². The van der Waals surface area contributed by atoms with Crippen LogP contribution < -0.4 is 5.73 Å². The summed E-state index contributed by atoms with van der Waals surface area (Å²) < 4.78 is 0.857. The molecule has 98 valence electrons. The molecule has 2 rings (SSSR count). The van der Waals surface area contributed by atoms with Crippen LogP contribution in [-0.4, -0.2) is 30.4 Å². The number of benzene rings is 1. The summed E-state index contributed by atoms with van der Waals surface area (Å²) in [5, 5.41) is 0.490. The van der Waals surface area contributed by atoms with Gasteiger partial charge in [0, 0.05) is 17.6 Å². The maximum absolute atomic E-state index is 12.4. The van der Waals surface area contributed by atoms with Gasteiger partial charge in [-0.05, 0) is 36.6 Å². The van der Waals surface area contributed by atoms with Crippen molar-refractivity contribution in [2.75, 3.05) is 19.6 Å².